The second-order valence-electron chi connectivity index (χ2n) is 12.9. The number of ketones is 1. The van der Waals surface area contributed by atoms with Gasteiger partial charge in [-0.25, -0.2) is 13.8 Å². The number of benzene rings is 3. The molecular weight excluding hydrogens is 642 g/mol. The molecular formula is C39H40F2N4O5. The number of rotatable bonds is 5. The topological polar surface area (TPSA) is 126 Å². The molecule has 4 bridgehead atoms. The SMILES string of the molecule is CCOC(=O)CCc1cccc(C2(C)CCCCCC(=O)CNC(=O)Cc3c(c(F)cc4[nH]ccc34)Oc3ccc(F)c(c3)-c3ncc2[nH]3)c1. The first-order chi connectivity index (χ1) is 24.1. The number of nitrogens with one attached hydrogen (secondary N) is 3. The Balaban J connectivity index is 1.39. The Labute approximate surface area is 288 Å². The molecule has 5 aromatic rings. The summed E-state index contributed by atoms with van der Waals surface area (Å²) in [6, 6.07) is 15.1. The lowest BCUT2D eigenvalue weighted by atomic mass is 9.75. The highest BCUT2D eigenvalue weighted by Gasteiger charge is 2.32. The van der Waals surface area contributed by atoms with Gasteiger partial charge in [-0.15, -0.1) is 0 Å². The Kier molecular flexibility index (Phi) is 10.4. The molecule has 6 rings (SSSR count). The lowest BCUT2D eigenvalue weighted by molar-refractivity contribution is -0.143. The number of ether oxygens (including phenoxy) is 2. The van der Waals surface area contributed by atoms with Crippen molar-refractivity contribution in [3.8, 4) is 22.9 Å². The van der Waals surface area contributed by atoms with Crippen LogP contribution in [-0.4, -0.2) is 45.8 Å². The van der Waals surface area contributed by atoms with Crippen LogP contribution in [0.2, 0.25) is 0 Å². The number of Topliss-reactive ketones (excluding diaryl/α,β-unsaturated/α-hetero) is 1. The molecule has 0 saturated heterocycles. The molecule has 0 aliphatic carbocycles. The predicted molar refractivity (Wildman–Crippen MR) is 185 cm³/mol. The maximum absolute atomic E-state index is 15.6. The number of aryl methyl sites for hydroxylation is 1. The lowest BCUT2D eigenvalue weighted by Crippen LogP contribution is -2.30. The quantitative estimate of drug-likeness (QED) is 0.164. The van der Waals surface area contributed by atoms with Crippen molar-refractivity contribution in [2.75, 3.05) is 13.2 Å². The fourth-order valence-corrected chi connectivity index (χ4v) is 6.59. The van der Waals surface area contributed by atoms with Crippen molar-refractivity contribution in [1.29, 1.82) is 0 Å². The number of imidazole rings is 1. The highest BCUT2D eigenvalue weighted by Crippen LogP contribution is 2.39. The summed E-state index contributed by atoms with van der Waals surface area (Å²) in [5.74, 6) is -1.79. The molecule has 1 amide bonds. The van der Waals surface area contributed by atoms with Gasteiger partial charge in [0.15, 0.2) is 17.3 Å². The van der Waals surface area contributed by atoms with Gasteiger partial charge in [0, 0.05) is 58.9 Å². The number of aromatic nitrogens is 3. The van der Waals surface area contributed by atoms with Crippen molar-refractivity contribution in [1.82, 2.24) is 20.3 Å². The van der Waals surface area contributed by atoms with Crippen LogP contribution >= 0.6 is 0 Å². The Morgan fingerprint density at radius 3 is 2.74 bits per heavy atom. The number of carbonyl (C=O) groups excluding carboxylic acids is 3. The molecule has 0 spiro atoms. The Hall–Kier alpha value is -5.32. The van der Waals surface area contributed by atoms with Crippen molar-refractivity contribution >= 4 is 28.6 Å². The number of carbonyl (C=O) groups is 3. The van der Waals surface area contributed by atoms with Gasteiger partial charge in [-0.2, -0.15) is 0 Å². The number of H-pyrrole nitrogens is 2. The second kappa shape index (κ2) is 15.1. The van der Waals surface area contributed by atoms with E-state index >= 15 is 8.78 Å². The molecule has 2 aromatic heterocycles. The van der Waals surface area contributed by atoms with Gasteiger partial charge in [-0.05, 0) is 68.5 Å². The van der Waals surface area contributed by atoms with Gasteiger partial charge in [-0.1, -0.05) is 37.1 Å². The van der Waals surface area contributed by atoms with E-state index in [1.165, 1.54) is 24.3 Å². The van der Waals surface area contributed by atoms with E-state index in [-0.39, 0.29) is 54.0 Å². The number of halogens is 2. The maximum atomic E-state index is 15.6. The molecule has 0 saturated carbocycles. The minimum Gasteiger partial charge on any atom is -0.466 e. The molecule has 50 heavy (non-hydrogen) atoms. The van der Waals surface area contributed by atoms with E-state index in [4.69, 9.17) is 9.47 Å². The summed E-state index contributed by atoms with van der Waals surface area (Å²) in [4.78, 5) is 48.7. The molecule has 260 valence electrons. The van der Waals surface area contributed by atoms with E-state index in [1.807, 2.05) is 18.2 Å². The second-order valence-corrected chi connectivity index (χ2v) is 12.9. The van der Waals surface area contributed by atoms with Crippen molar-refractivity contribution in [3.63, 3.8) is 0 Å². The summed E-state index contributed by atoms with van der Waals surface area (Å²) in [5.41, 5.74) is 3.07. The highest BCUT2D eigenvalue weighted by atomic mass is 19.1. The minimum atomic E-state index is -0.701. The smallest absolute Gasteiger partial charge is 0.306 e. The maximum Gasteiger partial charge on any atom is 0.306 e. The molecule has 9 nitrogen and oxygen atoms in total. The molecule has 3 heterocycles. The zero-order valence-electron chi connectivity index (χ0n) is 28.2. The van der Waals surface area contributed by atoms with Crippen molar-refractivity contribution in [2.24, 2.45) is 0 Å². The standard InChI is InChI=1S/C39H40F2N4O5/c1-3-49-36(48)14-11-24-8-7-9-25(18-24)39(2)16-6-4-5-10-26(46)22-43-35(47)20-29-28-15-17-42-33(28)21-32(41)37(29)50-27-12-13-31(40)30(19-27)38-44-23-34(39)45-38/h7-9,12-13,15,17-19,21,23,42H,3-6,10-11,14,16,20,22H2,1-2H3,(H,43,47)(H,44,45). The largest absolute Gasteiger partial charge is 0.466 e. The van der Waals surface area contributed by atoms with Crippen LogP contribution in [0, 0.1) is 11.6 Å². The zero-order chi connectivity index (χ0) is 35.3. The molecule has 1 aliphatic heterocycles. The van der Waals surface area contributed by atoms with E-state index in [9.17, 15) is 14.4 Å². The number of hydrogen-bond acceptors (Lipinski definition) is 6. The molecule has 1 aliphatic rings. The summed E-state index contributed by atoms with van der Waals surface area (Å²) >= 11 is 0. The lowest BCUT2D eigenvalue weighted by Gasteiger charge is -2.30. The van der Waals surface area contributed by atoms with Gasteiger partial charge in [-0.3, -0.25) is 14.4 Å². The Morgan fingerprint density at radius 1 is 1.04 bits per heavy atom. The van der Waals surface area contributed by atoms with Crippen LogP contribution < -0.4 is 10.1 Å². The number of aromatic amines is 2. The average Bonchev–Trinajstić information content (AvgIpc) is 3.79. The van der Waals surface area contributed by atoms with Crippen LogP contribution in [0.15, 0.2) is 67.0 Å². The van der Waals surface area contributed by atoms with E-state index < -0.39 is 23.0 Å². The van der Waals surface area contributed by atoms with Crippen LogP contribution in [0.4, 0.5) is 8.78 Å². The monoisotopic (exact) mass is 682 g/mol. The zero-order valence-corrected chi connectivity index (χ0v) is 28.2. The average molecular weight is 683 g/mol. The van der Waals surface area contributed by atoms with E-state index in [0.717, 1.165) is 29.7 Å². The number of hydrogen-bond donors (Lipinski definition) is 3. The fraction of sp³-hybridized carbons (Fsp3) is 0.333. The summed E-state index contributed by atoms with van der Waals surface area (Å²) < 4.78 is 42.2. The van der Waals surface area contributed by atoms with Gasteiger partial charge in [0.05, 0.1) is 25.1 Å². The van der Waals surface area contributed by atoms with Crippen LogP contribution in [-0.2, 0) is 37.4 Å². The van der Waals surface area contributed by atoms with Crippen LogP contribution in [0.5, 0.6) is 11.5 Å². The molecule has 0 fully saturated rings. The van der Waals surface area contributed by atoms with Gasteiger partial charge in [0.2, 0.25) is 5.91 Å². The molecule has 0 radical (unpaired) electrons. The summed E-state index contributed by atoms with van der Waals surface area (Å²) in [5, 5.41) is 3.27. The number of esters is 1. The third kappa shape index (κ3) is 7.61. The Bertz CT molecular complexity index is 2040. The third-order valence-corrected chi connectivity index (χ3v) is 9.39. The number of amides is 1. The third-order valence-electron chi connectivity index (χ3n) is 9.39. The molecule has 11 heteroatoms. The van der Waals surface area contributed by atoms with E-state index in [2.05, 4.69) is 33.3 Å². The van der Waals surface area contributed by atoms with Crippen molar-refractivity contribution in [2.45, 2.75) is 70.6 Å². The molecule has 3 aromatic carbocycles. The molecule has 1 atom stereocenters. The summed E-state index contributed by atoms with van der Waals surface area (Å²) in [7, 11) is 0. The van der Waals surface area contributed by atoms with Crippen LogP contribution in [0.3, 0.4) is 0 Å². The molecule has 1 unspecified atom stereocenters. The van der Waals surface area contributed by atoms with Gasteiger partial charge in [0.1, 0.15) is 17.4 Å². The van der Waals surface area contributed by atoms with Crippen LogP contribution in [0.25, 0.3) is 22.3 Å². The predicted octanol–water partition coefficient (Wildman–Crippen LogP) is 7.62. The van der Waals surface area contributed by atoms with E-state index in [1.54, 1.807) is 25.4 Å². The van der Waals surface area contributed by atoms with Crippen molar-refractivity contribution < 1.29 is 32.6 Å². The van der Waals surface area contributed by atoms with Crippen LogP contribution in [0.1, 0.15) is 74.8 Å². The molecule has 3 N–H and O–H groups in total. The first-order valence-electron chi connectivity index (χ1n) is 17.0. The minimum absolute atomic E-state index is 0.0932. The summed E-state index contributed by atoms with van der Waals surface area (Å²) in [6.45, 7) is 4.08. The highest BCUT2D eigenvalue weighted by molar-refractivity contribution is 5.92. The van der Waals surface area contributed by atoms with Gasteiger partial charge < -0.3 is 24.8 Å². The number of nitrogens with zero attached hydrogens (tertiary/aromatic N) is 1. The van der Waals surface area contributed by atoms with E-state index in [0.29, 0.717) is 48.8 Å². The Morgan fingerprint density at radius 2 is 1.90 bits per heavy atom. The van der Waals surface area contributed by atoms with Gasteiger partial charge in [0.25, 0.3) is 0 Å². The van der Waals surface area contributed by atoms with Crippen molar-refractivity contribution in [3.05, 3.63) is 101 Å². The summed E-state index contributed by atoms with van der Waals surface area (Å²) in [6.07, 6.45) is 7.08. The normalized spacial score (nSPS) is 17.4. The van der Waals surface area contributed by atoms with Gasteiger partial charge >= 0.3 is 5.97 Å². The fourth-order valence-electron chi connectivity index (χ4n) is 6.59. The first-order valence-corrected chi connectivity index (χ1v) is 17.0. The number of fused-ring (bicyclic) bond motifs is 8. The first kappa shape index (κ1) is 34.5.